The lowest BCUT2D eigenvalue weighted by atomic mass is 10.2. The normalized spacial score (nSPS) is 11.3. The third-order valence-corrected chi connectivity index (χ3v) is 5.71. The summed E-state index contributed by atoms with van der Waals surface area (Å²) in [4.78, 5) is 0.686. The Morgan fingerprint density at radius 2 is 1.72 bits per heavy atom. The van der Waals surface area contributed by atoms with Crippen LogP contribution in [0.4, 0.5) is 0 Å². The summed E-state index contributed by atoms with van der Waals surface area (Å²) in [5, 5.41) is 23.3. The molecule has 3 aromatic heterocycles. The minimum Gasteiger partial charge on any atom is -0.497 e. The van der Waals surface area contributed by atoms with Gasteiger partial charge in [-0.15, -0.1) is 15.3 Å². The molecule has 0 radical (unpaired) electrons. The molecule has 0 aliphatic heterocycles. The Kier molecular flexibility index (Phi) is 4.26. The van der Waals surface area contributed by atoms with Crippen molar-refractivity contribution in [2.24, 2.45) is 0 Å². The van der Waals surface area contributed by atoms with E-state index in [1.807, 2.05) is 55.5 Å². The van der Waals surface area contributed by atoms with E-state index in [1.165, 1.54) is 11.3 Å². The van der Waals surface area contributed by atoms with Crippen molar-refractivity contribution in [3.63, 3.8) is 0 Å². The number of methoxy groups -OCH3 is 1. The van der Waals surface area contributed by atoms with E-state index in [4.69, 9.17) is 16.3 Å². The highest BCUT2D eigenvalue weighted by atomic mass is 35.5. The van der Waals surface area contributed by atoms with Gasteiger partial charge in [-0.2, -0.15) is 9.61 Å². The monoisotopic (exact) mass is 423 g/mol. The molecule has 5 aromatic rings. The molecular formula is C19H14ClN7OS. The standard InChI is InChI=1S/C19H14ClN7OS/c1-11-16(21-25-26(11)14-7-5-13(20)6-8-14)17-22-23-19-27(17)24-18(29-19)12-3-9-15(28-2)10-4-12/h3-10H,1-2H3. The van der Waals surface area contributed by atoms with E-state index in [-0.39, 0.29) is 0 Å². The Morgan fingerprint density at radius 3 is 2.45 bits per heavy atom. The number of aromatic nitrogens is 7. The topological polar surface area (TPSA) is 83.0 Å². The lowest BCUT2D eigenvalue weighted by Gasteiger charge is -2.03. The largest absolute Gasteiger partial charge is 0.497 e. The van der Waals surface area contributed by atoms with Gasteiger partial charge >= 0.3 is 0 Å². The molecule has 0 atom stereocenters. The molecular weight excluding hydrogens is 410 g/mol. The Balaban J connectivity index is 1.55. The number of rotatable bonds is 4. The first-order valence-corrected chi connectivity index (χ1v) is 9.89. The lowest BCUT2D eigenvalue weighted by molar-refractivity contribution is 0.415. The highest BCUT2D eigenvalue weighted by Crippen LogP contribution is 2.29. The van der Waals surface area contributed by atoms with E-state index in [1.54, 1.807) is 16.3 Å². The molecule has 5 rings (SSSR count). The minimum atomic E-state index is 0.550. The molecule has 0 unspecified atom stereocenters. The van der Waals surface area contributed by atoms with Gasteiger partial charge in [0.2, 0.25) is 10.8 Å². The van der Waals surface area contributed by atoms with Crippen molar-refractivity contribution in [2.75, 3.05) is 7.11 Å². The number of ether oxygens (including phenoxy) is 1. The van der Waals surface area contributed by atoms with Crippen molar-refractivity contribution in [3.8, 4) is 33.5 Å². The molecule has 0 fully saturated rings. The average molecular weight is 424 g/mol. The number of nitrogens with zero attached hydrogens (tertiary/aromatic N) is 7. The van der Waals surface area contributed by atoms with Crippen molar-refractivity contribution in [2.45, 2.75) is 6.92 Å². The summed E-state index contributed by atoms with van der Waals surface area (Å²) in [5.74, 6) is 1.35. The van der Waals surface area contributed by atoms with Gasteiger partial charge in [0.05, 0.1) is 18.5 Å². The van der Waals surface area contributed by atoms with Crippen LogP contribution in [0.2, 0.25) is 5.02 Å². The van der Waals surface area contributed by atoms with E-state index < -0.39 is 0 Å². The van der Waals surface area contributed by atoms with Crippen LogP contribution in [-0.2, 0) is 0 Å². The predicted octanol–water partition coefficient (Wildman–Crippen LogP) is 4.07. The predicted molar refractivity (Wildman–Crippen MR) is 111 cm³/mol. The van der Waals surface area contributed by atoms with Crippen LogP contribution in [0.3, 0.4) is 0 Å². The summed E-state index contributed by atoms with van der Waals surface area (Å²) in [7, 11) is 1.64. The van der Waals surface area contributed by atoms with Crippen LogP contribution in [-0.4, -0.2) is 41.9 Å². The quantitative estimate of drug-likeness (QED) is 0.433. The van der Waals surface area contributed by atoms with Gasteiger partial charge in [-0.3, -0.25) is 0 Å². The Morgan fingerprint density at radius 1 is 0.966 bits per heavy atom. The maximum absolute atomic E-state index is 5.98. The van der Waals surface area contributed by atoms with Gasteiger partial charge in [0.15, 0.2) is 5.69 Å². The molecule has 144 valence electrons. The summed E-state index contributed by atoms with van der Waals surface area (Å²) in [6.07, 6.45) is 0. The fraction of sp³-hybridized carbons (Fsp3) is 0.105. The van der Waals surface area contributed by atoms with Gasteiger partial charge in [-0.05, 0) is 55.5 Å². The summed E-state index contributed by atoms with van der Waals surface area (Å²) < 4.78 is 8.66. The minimum absolute atomic E-state index is 0.550. The zero-order valence-corrected chi connectivity index (χ0v) is 17.0. The SMILES string of the molecule is COc1ccc(-c2nn3c(-c4nnn(-c5ccc(Cl)cc5)c4C)nnc3s2)cc1. The summed E-state index contributed by atoms with van der Waals surface area (Å²) in [6.45, 7) is 1.93. The highest BCUT2D eigenvalue weighted by Gasteiger charge is 2.20. The molecule has 0 spiro atoms. The summed E-state index contributed by atoms with van der Waals surface area (Å²) in [5.41, 5.74) is 3.30. The lowest BCUT2D eigenvalue weighted by Crippen LogP contribution is -1.99. The van der Waals surface area contributed by atoms with Crippen molar-refractivity contribution in [3.05, 3.63) is 59.2 Å². The van der Waals surface area contributed by atoms with E-state index in [2.05, 4.69) is 25.6 Å². The third kappa shape index (κ3) is 3.04. The van der Waals surface area contributed by atoms with E-state index in [0.717, 1.165) is 27.7 Å². The molecule has 29 heavy (non-hydrogen) atoms. The highest BCUT2D eigenvalue weighted by molar-refractivity contribution is 7.19. The maximum atomic E-state index is 5.98. The summed E-state index contributed by atoms with van der Waals surface area (Å²) in [6, 6.07) is 15.1. The third-order valence-electron chi connectivity index (χ3n) is 4.51. The van der Waals surface area contributed by atoms with E-state index in [9.17, 15) is 0 Å². The molecule has 2 aromatic carbocycles. The number of hydrogen-bond donors (Lipinski definition) is 0. The zero-order chi connectivity index (χ0) is 20.0. The Hall–Kier alpha value is -3.30. The average Bonchev–Trinajstić information content (AvgIpc) is 3.43. The van der Waals surface area contributed by atoms with Gasteiger partial charge in [0.1, 0.15) is 10.8 Å². The van der Waals surface area contributed by atoms with Crippen LogP contribution >= 0.6 is 22.9 Å². The number of hydrogen-bond acceptors (Lipinski definition) is 7. The Bertz CT molecular complexity index is 1310. The van der Waals surface area contributed by atoms with Crippen LogP contribution in [0.25, 0.3) is 32.7 Å². The van der Waals surface area contributed by atoms with Gasteiger partial charge in [-0.1, -0.05) is 28.2 Å². The molecule has 0 aliphatic rings. The maximum Gasteiger partial charge on any atom is 0.235 e. The van der Waals surface area contributed by atoms with Crippen molar-refractivity contribution in [1.29, 1.82) is 0 Å². The molecule has 0 aliphatic carbocycles. The number of fused-ring (bicyclic) bond motifs is 1. The second-order valence-electron chi connectivity index (χ2n) is 6.27. The van der Waals surface area contributed by atoms with Crippen molar-refractivity contribution in [1.82, 2.24) is 34.8 Å². The molecule has 0 N–H and O–H groups in total. The molecule has 0 saturated heterocycles. The van der Waals surface area contributed by atoms with Crippen molar-refractivity contribution >= 4 is 27.9 Å². The Labute approximate surface area is 174 Å². The first-order valence-electron chi connectivity index (χ1n) is 8.69. The number of benzene rings is 2. The molecule has 0 bridgehead atoms. The van der Waals surface area contributed by atoms with E-state index in [0.29, 0.717) is 21.5 Å². The van der Waals surface area contributed by atoms with Gasteiger partial charge in [0.25, 0.3) is 0 Å². The van der Waals surface area contributed by atoms with Gasteiger partial charge < -0.3 is 4.74 Å². The molecule has 0 amide bonds. The molecule has 8 nitrogen and oxygen atoms in total. The van der Waals surface area contributed by atoms with Crippen molar-refractivity contribution < 1.29 is 4.74 Å². The molecule has 10 heteroatoms. The van der Waals surface area contributed by atoms with Gasteiger partial charge in [-0.25, -0.2) is 4.68 Å². The van der Waals surface area contributed by atoms with Crippen LogP contribution in [0.1, 0.15) is 5.69 Å². The fourth-order valence-electron chi connectivity index (χ4n) is 2.98. The smallest absolute Gasteiger partial charge is 0.235 e. The van der Waals surface area contributed by atoms with Crippen LogP contribution in [0.5, 0.6) is 5.75 Å². The van der Waals surface area contributed by atoms with Gasteiger partial charge in [0, 0.05) is 10.6 Å². The molecule has 0 saturated carbocycles. The first-order chi connectivity index (χ1) is 14.1. The van der Waals surface area contributed by atoms with Crippen LogP contribution < -0.4 is 4.74 Å². The number of halogens is 1. The van der Waals surface area contributed by atoms with E-state index >= 15 is 0 Å². The second kappa shape index (κ2) is 6.94. The van der Waals surface area contributed by atoms with Crippen LogP contribution in [0.15, 0.2) is 48.5 Å². The summed E-state index contributed by atoms with van der Waals surface area (Å²) >= 11 is 7.44. The second-order valence-corrected chi connectivity index (χ2v) is 7.66. The fourth-order valence-corrected chi connectivity index (χ4v) is 3.95. The molecule has 3 heterocycles. The zero-order valence-electron chi connectivity index (χ0n) is 15.4. The first kappa shape index (κ1) is 17.8. The van der Waals surface area contributed by atoms with Crippen LogP contribution in [0, 0.1) is 6.92 Å².